The van der Waals surface area contributed by atoms with Crippen molar-refractivity contribution in [2.45, 2.75) is 45.7 Å². The molecule has 2 aliphatic rings. The van der Waals surface area contributed by atoms with Crippen LogP contribution >= 0.6 is 0 Å². The minimum atomic E-state index is 0.278. The molecule has 1 spiro atoms. The van der Waals surface area contributed by atoms with Crippen LogP contribution < -0.4 is 0 Å². The van der Waals surface area contributed by atoms with Crippen molar-refractivity contribution in [3.05, 3.63) is 47.8 Å². The highest BCUT2D eigenvalue weighted by atomic mass is 16.2. The van der Waals surface area contributed by atoms with Crippen LogP contribution in [-0.2, 0) is 24.9 Å². The summed E-state index contributed by atoms with van der Waals surface area (Å²) >= 11 is 0. The van der Waals surface area contributed by atoms with Gasteiger partial charge in [0.15, 0.2) is 0 Å². The SMILES string of the molecule is Cc1cccc(CN2CC3(CCC2=O)CCN(Cc2cncn2C)CC3)n1. The number of aryl methyl sites for hydroxylation is 2. The highest BCUT2D eigenvalue weighted by Crippen LogP contribution is 2.40. The number of aromatic nitrogens is 3. The van der Waals surface area contributed by atoms with Crippen LogP contribution in [-0.4, -0.2) is 49.9 Å². The molecule has 2 aromatic rings. The van der Waals surface area contributed by atoms with E-state index in [4.69, 9.17) is 0 Å². The highest BCUT2D eigenvalue weighted by Gasteiger charge is 2.41. The number of imidazole rings is 1. The van der Waals surface area contributed by atoms with E-state index in [0.717, 1.165) is 56.8 Å². The first-order valence-electron chi connectivity index (χ1n) is 9.91. The zero-order chi connectivity index (χ0) is 18.9. The molecule has 0 bridgehead atoms. The van der Waals surface area contributed by atoms with E-state index in [2.05, 4.69) is 26.5 Å². The summed E-state index contributed by atoms with van der Waals surface area (Å²) in [5.41, 5.74) is 3.54. The molecule has 0 atom stereocenters. The molecule has 0 saturated carbocycles. The molecule has 144 valence electrons. The predicted octanol–water partition coefficient (Wildman–Crippen LogP) is 2.53. The van der Waals surface area contributed by atoms with Gasteiger partial charge < -0.3 is 9.47 Å². The van der Waals surface area contributed by atoms with Crippen LogP contribution in [0.2, 0.25) is 0 Å². The smallest absolute Gasteiger partial charge is 0.222 e. The summed E-state index contributed by atoms with van der Waals surface area (Å²) < 4.78 is 2.10. The van der Waals surface area contributed by atoms with E-state index in [1.807, 2.05) is 42.5 Å². The van der Waals surface area contributed by atoms with Crippen LogP contribution in [0.4, 0.5) is 0 Å². The van der Waals surface area contributed by atoms with Crippen molar-refractivity contribution >= 4 is 5.91 Å². The van der Waals surface area contributed by atoms with Gasteiger partial charge in [-0.1, -0.05) is 6.07 Å². The van der Waals surface area contributed by atoms with Gasteiger partial charge in [-0.05, 0) is 56.8 Å². The quantitative estimate of drug-likeness (QED) is 0.833. The van der Waals surface area contributed by atoms with Crippen LogP contribution in [0.1, 0.15) is 42.8 Å². The number of amides is 1. The molecule has 0 radical (unpaired) electrons. The predicted molar refractivity (Wildman–Crippen MR) is 104 cm³/mol. The van der Waals surface area contributed by atoms with Crippen molar-refractivity contribution in [1.82, 2.24) is 24.3 Å². The van der Waals surface area contributed by atoms with E-state index < -0.39 is 0 Å². The van der Waals surface area contributed by atoms with E-state index >= 15 is 0 Å². The van der Waals surface area contributed by atoms with Gasteiger partial charge in [-0.25, -0.2) is 4.98 Å². The van der Waals surface area contributed by atoms with Crippen molar-refractivity contribution in [1.29, 1.82) is 0 Å². The van der Waals surface area contributed by atoms with Crippen molar-refractivity contribution in [2.24, 2.45) is 12.5 Å². The zero-order valence-electron chi connectivity index (χ0n) is 16.4. The number of likely N-dealkylation sites (tertiary alicyclic amines) is 2. The fraction of sp³-hybridized carbons (Fsp3) is 0.571. The molecule has 27 heavy (non-hydrogen) atoms. The van der Waals surface area contributed by atoms with Gasteiger partial charge in [-0.15, -0.1) is 0 Å². The summed E-state index contributed by atoms with van der Waals surface area (Å²) in [5, 5.41) is 0. The molecule has 4 rings (SSSR count). The van der Waals surface area contributed by atoms with E-state index in [1.54, 1.807) is 0 Å². The Bertz CT molecular complexity index is 806. The fourth-order valence-corrected chi connectivity index (χ4v) is 4.49. The van der Waals surface area contributed by atoms with Crippen molar-refractivity contribution in [3.63, 3.8) is 0 Å². The molecular weight excluding hydrogens is 338 g/mol. The van der Waals surface area contributed by atoms with E-state index in [0.29, 0.717) is 13.0 Å². The third kappa shape index (κ3) is 4.05. The Balaban J connectivity index is 1.37. The second-order valence-electron chi connectivity index (χ2n) is 8.29. The van der Waals surface area contributed by atoms with Crippen LogP contribution in [0.5, 0.6) is 0 Å². The number of carbonyl (C=O) groups excluding carboxylic acids is 1. The molecule has 2 aliphatic heterocycles. The molecule has 0 N–H and O–H groups in total. The van der Waals surface area contributed by atoms with Gasteiger partial charge in [0.1, 0.15) is 0 Å². The van der Waals surface area contributed by atoms with Crippen LogP contribution in [0.15, 0.2) is 30.7 Å². The molecule has 0 unspecified atom stereocenters. The van der Waals surface area contributed by atoms with Gasteiger partial charge in [0.05, 0.1) is 24.3 Å². The number of rotatable bonds is 4. The lowest BCUT2D eigenvalue weighted by Gasteiger charge is -2.47. The third-order valence-electron chi connectivity index (χ3n) is 6.27. The maximum atomic E-state index is 12.5. The molecule has 6 heteroatoms. The normalized spacial score (nSPS) is 20.4. The Morgan fingerprint density at radius 3 is 2.67 bits per heavy atom. The number of hydrogen-bond donors (Lipinski definition) is 0. The largest absolute Gasteiger partial charge is 0.337 e. The fourth-order valence-electron chi connectivity index (χ4n) is 4.49. The second kappa shape index (κ2) is 7.43. The van der Waals surface area contributed by atoms with Crippen LogP contribution in [0.3, 0.4) is 0 Å². The van der Waals surface area contributed by atoms with E-state index in [1.165, 1.54) is 5.69 Å². The van der Waals surface area contributed by atoms with Crippen LogP contribution in [0, 0.1) is 12.3 Å². The average molecular weight is 367 g/mol. The van der Waals surface area contributed by atoms with Crippen molar-refractivity contribution in [3.8, 4) is 0 Å². The van der Waals surface area contributed by atoms with Gasteiger partial charge in [0.25, 0.3) is 0 Å². The van der Waals surface area contributed by atoms with E-state index in [9.17, 15) is 4.79 Å². The van der Waals surface area contributed by atoms with Crippen molar-refractivity contribution < 1.29 is 4.79 Å². The summed E-state index contributed by atoms with van der Waals surface area (Å²) in [6, 6.07) is 6.05. The minimum absolute atomic E-state index is 0.278. The highest BCUT2D eigenvalue weighted by molar-refractivity contribution is 5.77. The summed E-state index contributed by atoms with van der Waals surface area (Å²) in [5.74, 6) is 0.279. The van der Waals surface area contributed by atoms with Gasteiger partial charge in [-0.3, -0.25) is 14.7 Å². The Morgan fingerprint density at radius 1 is 1.15 bits per heavy atom. The Hall–Kier alpha value is -2.21. The maximum absolute atomic E-state index is 12.5. The monoisotopic (exact) mass is 367 g/mol. The standard InChI is InChI=1S/C21H29N5O/c1-17-4-3-5-18(23-17)13-26-15-21(7-6-20(26)27)8-10-25(11-9-21)14-19-12-22-16-24(19)2/h3-5,12,16H,6-11,13-15H2,1-2H3. The van der Waals surface area contributed by atoms with Crippen molar-refractivity contribution in [2.75, 3.05) is 19.6 Å². The zero-order valence-corrected chi connectivity index (χ0v) is 16.4. The maximum Gasteiger partial charge on any atom is 0.222 e. The molecule has 2 saturated heterocycles. The number of carbonyl (C=O) groups is 1. The summed E-state index contributed by atoms with van der Waals surface area (Å²) in [7, 11) is 2.05. The molecule has 0 aliphatic carbocycles. The summed E-state index contributed by atoms with van der Waals surface area (Å²) in [4.78, 5) is 25.9. The first-order valence-corrected chi connectivity index (χ1v) is 9.91. The molecular formula is C21H29N5O. The first-order chi connectivity index (χ1) is 13.0. The number of hydrogen-bond acceptors (Lipinski definition) is 4. The number of nitrogens with zero attached hydrogens (tertiary/aromatic N) is 5. The summed E-state index contributed by atoms with van der Waals surface area (Å²) in [6.45, 7) is 6.66. The molecule has 6 nitrogen and oxygen atoms in total. The lowest BCUT2D eigenvalue weighted by Crippen LogP contribution is -2.51. The topological polar surface area (TPSA) is 54.3 Å². The van der Waals surface area contributed by atoms with Gasteiger partial charge >= 0.3 is 0 Å². The lowest BCUT2D eigenvalue weighted by molar-refractivity contribution is -0.140. The van der Waals surface area contributed by atoms with E-state index in [-0.39, 0.29) is 11.3 Å². The Morgan fingerprint density at radius 2 is 1.96 bits per heavy atom. The number of piperidine rings is 2. The average Bonchev–Trinajstić information content (AvgIpc) is 3.05. The second-order valence-corrected chi connectivity index (χ2v) is 8.29. The molecule has 0 aromatic carbocycles. The molecule has 4 heterocycles. The Labute approximate surface area is 161 Å². The first kappa shape index (κ1) is 18.2. The lowest BCUT2D eigenvalue weighted by atomic mass is 9.72. The summed E-state index contributed by atoms with van der Waals surface area (Å²) in [6.07, 6.45) is 7.85. The van der Waals surface area contributed by atoms with Gasteiger partial charge in [0, 0.05) is 38.4 Å². The Kier molecular flexibility index (Phi) is 5.00. The number of pyridine rings is 1. The molecule has 2 aromatic heterocycles. The van der Waals surface area contributed by atoms with Gasteiger partial charge in [0.2, 0.25) is 5.91 Å². The molecule has 2 fully saturated rings. The third-order valence-corrected chi connectivity index (χ3v) is 6.27. The van der Waals surface area contributed by atoms with Crippen LogP contribution in [0.25, 0.3) is 0 Å². The van der Waals surface area contributed by atoms with Gasteiger partial charge in [-0.2, -0.15) is 0 Å². The minimum Gasteiger partial charge on any atom is -0.337 e. The molecule has 1 amide bonds.